The highest BCUT2D eigenvalue weighted by Gasteiger charge is 2.29. The SMILES string of the molecule is BSB(CB(C)SB(C#N)SC)C(C#N)C#N. The quantitative estimate of drug-likeness (QED) is 0.656. The molecule has 0 saturated heterocycles. The van der Waals surface area contributed by atoms with Crippen LogP contribution in [-0.4, -0.2) is 30.6 Å². The van der Waals surface area contributed by atoms with E-state index in [0.717, 1.165) is 6.22 Å². The monoisotopic (exact) mass is 277 g/mol. The molecule has 0 amide bonds. The second-order valence-corrected chi connectivity index (χ2v) is 7.26. The van der Waals surface area contributed by atoms with Crippen LogP contribution in [0.5, 0.6) is 0 Å². The number of hydrogen-bond donors (Lipinski definition) is 0. The Morgan fingerprint density at radius 3 is 2.24 bits per heavy atom. The first-order chi connectivity index (χ1) is 8.12. The lowest BCUT2D eigenvalue weighted by Crippen LogP contribution is -2.23. The van der Waals surface area contributed by atoms with Gasteiger partial charge in [0.25, 0.3) is 0 Å². The second-order valence-electron chi connectivity index (χ2n) is 3.39. The summed E-state index contributed by atoms with van der Waals surface area (Å²) >= 11 is 4.66. The summed E-state index contributed by atoms with van der Waals surface area (Å²) in [5.41, 5.74) is 0. The number of nitrogens with zero attached hydrogens (tertiary/aromatic N) is 3. The zero-order chi connectivity index (χ0) is 13.3. The molecule has 17 heavy (non-hydrogen) atoms. The van der Waals surface area contributed by atoms with Crippen molar-refractivity contribution in [2.24, 2.45) is 0 Å². The minimum atomic E-state index is -0.567. The summed E-state index contributed by atoms with van der Waals surface area (Å²) in [5.74, 6) is 1.95. The zero-order valence-corrected chi connectivity index (χ0v) is 12.5. The first-order valence-electron chi connectivity index (χ1n) is 5.02. The summed E-state index contributed by atoms with van der Waals surface area (Å²) in [6.07, 6.45) is 2.68. The zero-order valence-electron chi connectivity index (χ0n) is 10.1. The fraction of sp³-hybridized carbons (Fsp3) is 0.571. The first-order valence-corrected chi connectivity index (χ1v) is 8.54. The largest absolute Gasteiger partial charge is 0.385 e. The Morgan fingerprint density at radius 1 is 1.29 bits per heavy atom. The highest BCUT2D eigenvalue weighted by Crippen LogP contribution is 2.28. The lowest BCUT2D eigenvalue weighted by molar-refractivity contribution is 1.30. The van der Waals surface area contributed by atoms with Crippen LogP contribution in [0.4, 0.5) is 0 Å². The molecule has 0 aromatic heterocycles. The Hall–Kier alpha value is -0.220. The molecular weight excluding hydrogens is 266 g/mol. The van der Waals surface area contributed by atoms with E-state index in [0.29, 0.717) is 0 Å². The van der Waals surface area contributed by atoms with Crippen LogP contribution in [-0.2, 0) is 0 Å². The van der Waals surface area contributed by atoms with E-state index in [2.05, 4.69) is 5.97 Å². The van der Waals surface area contributed by atoms with E-state index in [9.17, 15) is 0 Å². The van der Waals surface area contributed by atoms with Crippen molar-refractivity contribution < 1.29 is 0 Å². The van der Waals surface area contributed by atoms with Crippen LogP contribution in [0.3, 0.4) is 0 Å². The molecule has 0 saturated carbocycles. The van der Waals surface area contributed by atoms with Gasteiger partial charge in [-0.05, 0) is 6.26 Å². The van der Waals surface area contributed by atoms with Crippen LogP contribution < -0.4 is 0 Å². The minimum Gasteiger partial charge on any atom is -0.261 e. The van der Waals surface area contributed by atoms with Gasteiger partial charge in [-0.25, -0.2) is 16.7 Å². The van der Waals surface area contributed by atoms with Crippen LogP contribution >= 0.6 is 34.5 Å². The minimum absolute atomic E-state index is 0.0219. The third-order valence-electron chi connectivity index (χ3n) is 2.19. The summed E-state index contributed by atoms with van der Waals surface area (Å²) in [4.78, 5) is 0. The van der Waals surface area contributed by atoms with Gasteiger partial charge in [0.15, 0.2) is 13.1 Å². The molecule has 0 aliphatic heterocycles. The molecule has 0 heterocycles. The maximum Gasteiger partial charge on any atom is 0.385 e. The van der Waals surface area contributed by atoms with Crippen molar-refractivity contribution in [3.8, 4) is 18.1 Å². The van der Waals surface area contributed by atoms with Gasteiger partial charge < -0.3 is 0 Å². The molecule has 0 rings (SSSR count). The number of rotatable bonds is 7. The van der Waals surface area contributed by atoms with Crippen molar-refractivity contribution >= 4 is 58.9 Å². The molecule has 0 N–H and O–H groups in total. The average molecular weight is 277 g/mol. The summed E-state index contributed by atoms with van der Waals surface area (Å²) in [7, 11) is 1.92. The van der Waals surface area contributed by atoms with Gasteiger partial charge in [-0.1, -0.05) is 13.0 Å². The fourth-order valence-corrected chi connectivity index (χ4v) is 4.21. The summed E-state index contributed by atoms with van der Waals surface area (Å²) in [6.45, 7) is 2.04. The van der Waals surface area contributed by atoms with E-state index in [1.165, 1.54) is 11.6 Å². The third-order valence-corrected chi connectivity index (χ3v) is 5.72. The van der Waals surface area contributed by atoms with Gasteiger partial charge in [-0.2, -0.15) is 22.1 Å². The predicted molar refractivity (Wildman–Crippen MR) is 85.8 cm³/mol. The van der Waals surface area contributed by atoms with E-state index in [1.807, 2.05) is 32.3 Å². The maximum absolute atomic E-state index is 8.87. The number of nitriles is 3. The Labute approximate surface area is 118 Å². The van der Waals surface area contributed by atoms with Crippen LogP contribution in [0.1, 0.15) is 0 Å². The van der Waals surface area contributed by atoms with E-state index < -0.39 is 5.82 Å². The van der Waals surface area contributed by atoms with Crippen molar-refractivity contribution in [3.05, 3.63) is 0 Å². The van der Waals surface area contributed by atoms with E-state index in [-0.39, 0.29) is 17.3 Å². The molecule has 0 aromatic rings. The summed E-state index contributed by atoms with van der Waals surface area (Å²) < 4.78 is 0. The van der Waals surface area contributed by atoms with Crippen molar-refractivity contribution in [3.63, 3.8) is 0 Å². The topological polar surface area (TPSA) is 71.4 Å². The fourth-order valence-electron chi connectivity index (χ4n) is 1.30. The van der Waals surface area contributed by atoms with Crippen molar-refractivity contribution in [2.45, 2.75) is 18.9 Å². The smallest absolute Gasteiger partial charge is 0.261 e. The average Bonchev–Trinajstić information content (AvgIpc) is 2.35. The van der Waals surface area contributed by atoms with Gasteiger partial charge in [0.1, 0.15) is 5.82 Å². The molecule has 0 aliphatic rings. The first kappa shape index (κ1) is 16.8. The standard InChI is InChI=1S/C7H11B4N3S3/c1-9(17-11(6-14)15-2)5-10(16-8)7(3-12)4-13/h7H,5,8H2,1-2H3. The normalized spacial score (nSPS) is 8.94. The molecule has 0 radical (unpaired) electrons. The van der Waals surface area contributed by atoms with Gasteiger partial charge >= 0.3 is 5.27 Å². The molecule has 0 unspecified atom stereocenters. The molecule has 0 fully saturated rings. The van der Waals surface area contributed by atoms with Gasteiger partial charge in [0.2, 0.25) is 5.99 Å². The van der Waals surface area contributed by atoms with Crippen LogP contribution in [0, 0.1) is 33.9 Å². The summed E-state index contributed by atoms with van der Waals surface area (Å²) in [6, 6.07) is 4.06. The van der Waals surface area contributed by atoms with Crippen molar-refractivity contribution in [1.82, 2.24) is 0 Å². The molecule has 0 bridgehead atoms. The van der Waals surface area contributed by atoms with E-state index >= 15 is 0 Å². The Morgan fingerprint density at radius 2 is 1.88 bits per heavy atom. The maximum atomic E-state index is 8.87. The molecule has 0 atom stereocenters. The lowest BCUT2D eigenvalue weighted by atomic mass is 9.48. The van der Waals surface area contributed by atoms with Gasteiger partial charge in [0, 0.05) is 5.97 Å². The van der Waals surface area contributed by atoms with Crippen LogP contribution in [0.25, 0.3) is 0 Å². The van der Waals surface area contributed by atoms with Crippen molar-refractivity contribution in [2.75, 3.05) is 6.26 Å². The second kappa shape index (κ2) is 9.77. The van der Waals surface area contributed by atoms with Crippen LogP contribution in [0.2, 0.25) is 18.9 Å². The molecule has 84 valence electrons. The van der Waals surface area contributed by atoms with Gasteiger partial charge in [0.05, 0.1) is 12.1 Å². The third kappa shape index (κ3) is 6.32. The highest BCUT2D eigenvalue weighted by molar-refractivity contribution is 8.64. The molecule has 10 heteroatoms. The Kier molecular flexibility index (Phi) is 9.65. The molecule has 0 spiro atoms. The molecule has 3 nitrogen and oxygen atoms in total. The lowest BCUT2D eigenvalue weighted by Gasteiger charge is -2.15. The Bertz CT molecular complexity index is 336. The summed E-state index contributed by atoms with van der Waals surface area (Å²) in [5, 5.41) is 26.5. The van der Waals surface area contributed by atoms with Gasteiger partial charge in [-0.3, -0.25) is 11.5 Å². The molecule has 0 aromatic carbocycles. The molecular formula is C7H11B4N3S3. The van der Waals surface area contributed by atoms with Crippen molar-refractivity contribution in [1.29, 1.82) is 15.8 Å². The van der Waals surface area contributed by atoms with Gasteiger partial charge in [-0.15, -0.1) is 0 Å². The predicted octanol–water partition coefficient (Wildman–Crippen LogP) is 1.48. The Balaban J connectivity index is 4.36. The van der Waals surface area contributed by atoms with E-state index in [4.69, 9.17) is 15.8 Å². The molecule has 0 aliphatic carbocycles. The van der Waals surface area contributed by atoms with E-state index in [1.54, 1.807) is 22.9 Å². The number of hydrogen-bond acceptors (Lipinski definition) is 6. The highest BCUT2D eigenvalue weighted by atomic mass is 32.2. The van der Waals surface area contributed by atoms with Crippen LogP contribution in [0.15, 0.2) is 0 Å².